The smallest absolute Gasteiger partial charge is 0.410 e. The van der Waals surface area contributed by atoms with E-state index in [9.17, 15) is 4.79 Å². The van der Waals surface area contributed by atoms with Crippen LogP contribution < -0.4 is 4.90 Å². The maximum atomic E-state index is 12.8. The molecule has 1 atom stereocenters. The van der Waals surface area contributed by atoms with Crippen molar-refractivity contribution in [1.82, 2.24) is 19.9 Å². The molecule has 7 heteroatoms. The molecule has 29 heavy (non-hydrogen) atoms. The molecule has 1 aliphatic carbocycles. The van der Waals surface area contributed by atoms with Crippen LogP contribution >= 0.6 is 0 Å². The second-order valence-electron chi connectivity index (χ2n) is 7.94. The number of fused-ring (bicyclic) bond motifs is 1. The van der Waals surface area contributed by atoms with Crippen molar-refractivity contribution in [2.75, 3.05) is 31.1 Å². The van der Waals surface area contributed by atoms with Crippen molar-refractivity contribution in [3.63, 3.8) is 0 Å². The third kappa shape index (κ3) is 3.30. The number of aromatic nitrogens is 3. The molecule has 150 valence electrons. The van der Waals surface area contributed by atoms with Gasteiger partial charge in [0.2, 0.25) is 0 Å². The standard InChI is InChI=1S/C22H25N5O2/c28-21(29-14-17-6-3-1-2-4-7-17)27-13-10-22(27)9-5-12-26(15-22)20-18-8-11-23-19(18)24-16-25-20/h1-3,6-8,11,16H,4-5,9-10,12-15H2,(H,23,24,25)/t22-/m1/s1. The Balaban J connectivity index is 1.28. The Labute approximate surface area is 169 Å². The summed E-state index contributed by atoms with van der Waals surface area (Å²) in [6.07, 6.45) is 17.4. The zero-order valence-electron chi connectivity index (χ0n) is 16.4. The summed E-state index contributed by atoms with van der Waals surface area (Å²) >= 11 is 0. The number of ether oxygens (including phenoxy) is 1. The summed E-state index contributed by atoms with van der Waals surface area (Å²) in [5.74, 6) is 0.941. The lowest BCUT2D eigenvalue weighted by atomic mass is 9.78. The first-order valence-electron chi connectivity index (χ1n) is 10.2. The van der Waals surface area contributed by atoms with Gasteiger partial charge in [-0.2, -0.15) is 0 Å². The molecule has 0 unspecified atom stereocenters. The molecule has 0 bridgehead atoms. The predicted molar refractivity (Wildman–Crippen MR) is 112 cm³/mol. The number of nitrogens with zero attached hydrogens (tertiary/aromatic N) is 4. The van der Waals surface area contributed by atoms with E-state index in [1.165, 1.54) is 0 Å². The van der Waals surface area contributed by atoms with Gasteiger partial charge in [0.05, 0.1) is 10.9 Å². The van der Waals surface area contributed by atoms with Crippen molar-refractivity contribution in [2.24, 2.45) is 0 Å². The SMILES string of the molecule is O=C(OCC1=CCC=CC=C1)N1CC[C@@]12CCCN(c1ncnc3[nH]ccc13)C2. The van der Waals surface area contributed by atoms with Crippen LogP contribution in [0.4, 0.5) is 10.6 Å². The van der Waals surface area contributed by atoms with Gasteiger partial charge in [0.25, 0.3) is 0 Å². The van der Waals surface area contributed by atoms with Crippen LogP contribution in [0, 0.1) is 0 Å². The summed E-state index contributed by atoms with van der Waals surface area (Å²) in [7, 11) is 0. The first-order chi connectivity index (χ1) is 14.3. The number of aromatic amines is 1. The molecule has 0 aromatic carbocycles. The highest BCUT2D eigenvalue weighted by molar-refractivity contribution is 5.87. The van der Waals surface area contributed by atoms with Crippen LogP contribution in [0.2, 0.25) is 0 Å². The first kappa shape index (κ1) is 18.0. The Morgan fingerprint density at radius 2 is 2.21 bits per heavy atom. The van der Waals surface area contributed by atoms with Crippen molar-refractivity contribution in [1.29, 1.82) is 0 Å². The predicted octanol–water partition coefficient (Wildman–Crippen LogP) is 3.58. The lowest BCUT2D eigenvalue weighted by molar-refractivity contribution is -0.0198. The van der Waals surface area contributed by atoms with Crippen molar-refractivity contribution in [3.05, 3.63) is 54.5 Å². The number of allylic oxidation sites excluding steroid dienone is 4. The molecule has 5 rings (SSSR count). The number of hydrogen-bond acceptors (Lipinski definition) is 5. The minimum Gasteiger partial charge on any atom is -0.445 e. The molecule has 0 radical (unpaired) electrons. The van der Waals surface area contributed by atoms with Gasteiger partial charge in [0.1, 0.15) is 24.4 Å². The summed E-state index contributed by atoms with van der Waals surface area (Å²) in [5.41, 5.74) is 1.73. The molecule has 2 aromatic heterocycles. The van der Waals surface area contributed by atoms with Gasteiger partial charge in [-0.05, 0) is 37.3 Å². The van der Waals surface area contributed by atoms with E-state index >= 15 is 0 Å². The zero-order chi connectivity index (χ0) is 19.7. The lowest BCUT2D eigenvalue weighted by Gasteiger charge is -2.56. The summed E-state index contributed by atoms with van der Waals surface area (Å²) in [5, 5.41) is 1.03. The molecule has 2 fully saturated rings. The van der Waals surface area contributed by atoms with Gasteiger partial charge >= 0.3 is 6.09 Å². The molecule has 4 heterocycles. The average molecular weight is 391 g/mol. The summed E-state index contributed by atoms with van der Waals surface area (Å²) in [4.78, 5) is 29.0. The van der Waals surface area contributed by atoms with Crippen LogP contribution in [0.1, 0.15) is 25.7 Å². The van der Waals surface area contributed by atoms with E-state index in [1.54, 1.807) is 6.33 Å². The number of likely N-dealkylation sites (tertiary alicyclic amines) is 1. The first-order valence-corrected chi connectivity index (χ1v) is 10.2. The summed E-state index contributed by atoms with van der Waals surface area (Å²) in [6, 6.07) is 2.02. The van der Waals surface area contributed by atoms with Crippen LogP contribution in [-0.2, 0) is 4.74 Å². The molecular formula is C22H25N5O2. The molecule has 1 amide bonds. The minimum atomic E-state index is -0.209. The van der Waals surface area contributed by atoms with E-state index in [4.69, 9.17) is 4.74 Å². The topological polar surface area (TPSA) is 74.3 Å². The molecule has 1 spiro atoms. The van der Waals surface area contributed by atoms with Crippen LogP contribution in [0.5, 0.6) is 0 Å². The Bertz CT molecular complexity index is 1010. The van der Waals surface area contributed by atoms with Crippen molar-refractivity contribution >= 4 is 22.9 Å². The van der Waals surface area contributed by atoms with Crippen molar-refractivity contribution in [3.8, 4) is 0 Å². The van der Waals surface area contributed by atoms with Gasteiger partial charge in [0.15, 0.2) is 0 Å². The number of carbonyl (C=O) groups excluding carboxylic acids is 1. The van der Waals surface area contributed by atoms with Gasteiger partial charge in [-0.25, -0.2) is 14.8 Å². The molecule has 2 aromatic rings. The van der Waals surface area contributed by atoms with Gasteiger partial charge in [-0.15, -0.1) is 0 Å². The molecule has 7 nitrogen and oxygen atoms in total. The van der Waals surface area contributed by atoms with Crippen molar-refractivity contribution in [2.45, 2.75) is 31.2 Å². The summed E-state index contributed by atoms with van der Waals surface area (Å²) < 4.78 is 5.66. The number of carbonyl (C=O) groups is 1. The number of H-pyrrole nitrogens is 1. The van der Waals surface area contributed by atoms with E-state index in [2.05, 4.69) is 32.0 Å². The highest BCUT2D eigenvalue weighted by Crippen LogP contribution is 2.40. The maximum absolute atomic E-state index is 12.8. The Morgan fingerprint density at radius 3 is 3.10 bits per heavy atom. The Morgan fingerprint density at radius 1 is 1.24 bits per heavy atom. The second kappa shape index (κ2) is 7.39. The third-order valence-electron chi connectivity index (χ3n) is 6.22. The van der Waals surface area contributed by atoms with Gasteiger partial charge < -0.3 is 19.5 Å². The Kier molecular flexibility index (Phi) is 4.58. The number of piperidine rings is 1. The molecular weight excluding hydrogens is 366 g/mol. The van der Waals surface area contributed by atoms with E-state index < -0.39 is 0 Å². The number of anilines is 1. The normalized spacial score (nSPS) is 23.8. The fourth-order valence-corrected chi connectivity index (χ4v) is 4.61. The van der Waals surface area contributed by atoms with Crippen LogP contribution in [0.25, 0.3) is 11.0 Å². The second-order valence-corrected chi connectivity index (χ2v) is 7.94. The molecule has 1 N–H and O–H groups in total. The fraction of sp³-hybridized carbons (Fsp3) is 0.409. The summed E-state index contributed by atoms with van der Waals surface area (Å²) in [6.45, 7) is 2.80. The number of amides is 1. The fourth-order valence-electron chi connectivity index (χ4n) is 4.61. The third-order valence-corrected chi connectivity index (χ3v) is 6.22. The van der Waals surface area contributed by atoms with Gasteiger partial charge in [0, 0.05) is 25.8 Å². The Hall–Kier alpha value is -3.09. The van der Waals surface area contributed by atoms with E-state index in [1.807, 2.05) is 35.4 Å². The van der Waals surface area contributed by atoms with Gasteiger partial charge in [-0.3, -0.25) is 0 Å². The number of nitrogens with one attached hydrogen (secondary N) is 1. The largest absolute Gasteiger partial charge is 0.445 e. The zero-order valence-corrected chi connectivity index (χ0v) is 16.4. The monoisotopic (exact) mass is 391 g/mol. The molecule has 2 aliphatic heterocycles. The number of hydrogen-bond donors (Lipinski definition) is 1. The minimum absolute atomic E-state index is 0.155. The highest BCUT2D eigenvalue weighted by Gasteiger charge is 2.50. The van der Waals surface area contributed by atoms with Crippen LogP contribution in [0.15, 0.2) is 54.5 Å². The number of rotatable bonds is 3. The average Bonchev–Trinajstić information content (AvgIpc) is 3.07. The molecule has 3 aliphatic rings. The van der Waals surface area contributed by atoms with Crippen LogP contribution in [-0.4, -0.2) is 57.7 Å². The van der Waals surface area contributed by atoms with E-state index in [0.29, 0.717) is 6.61 Å². The lowest BCUT2D eigenvalue weighted by Crippen LogP contribution is -2.68. The maximum Gasteiger partial charge on any atom is 0.410 e. The molecule has 2 saturated heterocycles. The highest BCUT2D eigenvalue weighted by atomic mass is 16.6. The van der Waals surface area contributed by atoms with Crippen LogP contribution in [0.3, 0.4) is 0 Å². The van der Waals surface area contributed by atoms with E-state index in [0.717, 1.165) is 67.7 Å². The van der Waals surface area contributed by atoms with Crippen molar-refractivity contribution < 1.29 is 9.53 Å². The van der Waals surface area contributed by atoms with E-state index in [-0.39, 0.29) is 11.6 Å². The molecule has 0 saturated carbocycles. The van der Waals surface area contributed by atoms with Gasteiger partial charge in [-0.1, -0.05) is 30.4 Å². The quantitative estimate of drug-likeness (QED) is 0.866.